The minimum absolute atomic E-state index is 0.385. The van der Waals surface area contributed by atoms with E-state index in [0.29, 0.717) is 7.92 Å². The van der Waals surface area contributed by atoms with E-state index in [-0.39, 0.29) is 0 Å². The number of hydrogen-bond acceptors (Lipinski definition) is 0. The highest BCUT2D eigenvalue weighted by Crippen LogP contribution is 2.61. The molecule has 0 radical (unpaired) electrons. The third-order valence-corrected chi connectivity index (χ3v) is 13.0. The largest absolute Gasteiger partial charge is 0.0971 e. The Morgan fingerprint density at radius 3 is 1.50 bits per heavy atom. The summed E-state index contributed by atoms with van der Waals surface area (Å²) in [5, 5.41) is 0. The molecule has 0 amide bonds. The Balaban J connectivity index is 0.000000145. The van der Waals surface area contributed by atoms with Crippen molar-refractivity contribution in [3.05, 3.63) is 77.4 Å². The molecule has 0 aliphatic heterocycles. The Hall–Kier alpha value is -1.39. The third kappa shape index (κ3) is 6.05. The van der Waals surface area contributed by atoms with Crippen LogP contribution in [0.4, 0.5) is 0 Å². The summed E-state index contributed by atoms with van der Waals surface area (Å²) in [5.41, 5.74) is 9.11. The van der Waals surface area contributed by atoms with E-state index < -0.39 is 0 Å². The number of allylic oxidation sites excluding steroid dienone is 1. The Morgan fingerprint density at radius 1 is 0.500 bits per heavy atom. The lowest BCUT2D eigenvalue weighted by Gasteiger charge is -2.44. The Morgan fingerprint density at radius 2 is 0.971 bits per heavy atom. The van der Waals surface area contributed by atoms with Gasteiger partial charge in [0.15, 0.2) is 0 Å². The van der Waals surface area contributed by atoms with E-state index in [4.69, 9.17) is 0 Å². The van der Waals surface area contributed by atoms with E-state index in [2.05, 4.69) is 60.7 Å². The first-order chi connectivity index (χ1) is 16.9. The van der Waals surface area contributed by atoms with Crippen LogP contribution in [-0.2, 0) is 6.42 Å². The van der Waals surface area contributed by atoms with Crippen LogP contribution < -0.4 is 0 Å². The molecule has 0 bridgehead atoms. The Kier molecular flexibility index (Phi) is 8.96. The summed E-state index contributed by atoms with van der Waals surface area (Å²) >= 11 is 0. The van der Waals surface area contributed by atoms with E-state index in [1.54, 1.807) is 77.0 Å². The maximum Gasteiger partial charge on any atom is -0.00819 e. The zero-order valence-electron chi connectivity index (χ0n) is 21.3. The molecule has 3 saturated carbocycles. The van der Waals surface area contributed by atoms with Gasteiger partial charge in [-0.05, 0) is 84.2 Å². The standard InChI is InChI=1S/C18H33P.C15H12/c1-4-10-16(11-5-1)19(17-12-6-2-7-13-17)18-14-8-3-9-15-18;1-2-6-12(7-3-1)15-11-10-13-8-4-5-9-14(13)15/h16-18H,1-15H2;1-9,11H,10H2. The minimum Gasteiger partial charge on any atom is -0.0971 e. The van der Waals surface area contributed by atoms with Crippen LogP contribution >= 0.6 is 7.92 Å². The summed E-state index contributed by atoms with van der Waals surface area (Å²) in [7, 11) is 0.385. The molecule has 4 aliphatic rings. The second kappa shape index (κ2) is 12.5. The topological polar surface area (TPSA) is 0 Å². The highest BCUT2D eigenvalue weighted by atomic mass is 31.1. The number of benzene rings is 2. The monoisotopic (exact) mass is 472 g/mol. The molecule has 0 unspecified atom stereocenters. The maximum atomic E-state index is 2.32. The van der Waals surface area contributed by atoms with Gasteiger partial charge < -0.3 is 0 Å². The Labute approximate surface area is 210 Å². The first kappa shape index (κ1) is 24.3. The second-order valence-corrected chi connectivity index (χ2v) is 14.3. The predicted octanol–water partition coefficient (Wildman–Crippen LogP) is 10.1. The highest BCUT2D eigenvalue weighted by molar-refractivity contribution is 7.60. The van der Waals surface area contributed by atoms with Crippen LogP contribution in [0, 0.1) is 0 Å². The van der Waals surface area contributed by atoms with Crippen molar-refractivity contribution < 1.29 is 0 Å². The molecule has 182 valence electrons. The SMILES string of the molecule is C1=C(c2ccccc2)c2ccccc2C1.C1CCC(P(C2CCCCC2)C2CCCCC2)CC1. The maximum absolute atomic E-state index is 2.32. The molecule has 6 rings (SSSR count). The van der Waals surface area contributed by atoms with Crippen molar-refractivity contribution in [1.82, 2.24) is 0 Å². The lowest BCUT2D eigenvalue weighted by Crippen LogP contribution is -2.28. The predicted molar refractivity (Wildman–Crippen MR) is 151 cm³/mol. The molecule has 0 nitrogen and oxygen atoms in total. The van der Waals surface area contributed by atoms with Gasteiger partial charge in [0.2, 0.25) is 0 Å². The van der Waals surface area contributed by atoms with Gasteiger partial charge in [-0.3, -0.25) is 0 Å². The molecule has 0 saturated heterocycles. The number of fused-ring (bicyclic) bond motifs is 1. The molecular formula is C33H45P. The molecular weight excluding hydrogens is 427 g/mol. The minimum atomic E-state index is 0.385. The van der Waals surface area contributed by atoms with Crippen LogP contribution in [0.1, 0.15) is 113 Å². The fourth-order valence-corrected chi connectivity index (χ4v) is 11.9. The van der Waals surface area contributed by atoms with E-state index in [1.807, 2.05) is 0 Å². The Bertz CT molecular complexity index is 852. The van der Waals surface area contributed by atoms with Gasteiger partial charge in [-0.15, -0.1) is 0 Å². The van der Waals surface area contributed by atoms with Gasteiger partial charge in [0, 0.05) is 0 Å². The molecule has 0 aromatic heterocycles. The van der Waals surface area contributed by atoms with Crippen LogP contribution in [0.2, 0.25) is 0 Å². The van der Waals surface area contributed by atoms with Crippen molar-refractivity contribution in [3.8, 4) is 0 Å². The van der Waals surface area contributed by atoms with E-state index in [0.717, 1.165) is 6.42 Å². The summed E-state index contributed by atoms with van der Waals surface area (Å²) in [5.74, 6) is 0. The lowest BCUT2D eigenvalue weighted by molar-refractivity contribution is 0.460. The van der Waals surface area contributed by atoms with Crippen molar-refractivity contribution in [1.29, 1.82) is 0 Å². The zero-order valence-corrected chi connectivity index (χ0v) is 22.2. The molecule has 34 heavy (non-hydrogen) atoms. The third-order valence-electron chi connectivity index (χ3n) is 8.91. The van der Waals surface area contributed by atoms with Crippen LogP contribution in [0.5, 0.6) is 0 Å². The summed E-state index contributed by atoms with van der Waals surface area (Å²) in [6, 6.07) is 19.2. The highest BCUT2D eigenvalue weighted by Gasteiger charge is 2.36. The number of rotatable bonds is 4. The van der Waals surface area contributed by atoms with Crippen molar-refractivity contribution in [2.45, 2.75) is 120 Å². The quantitative estimate of drug-likeness (QED) is 0.388. The fourth-order valence-electron chi connectivity index (χ4n) is 7.21. The van der Waals surface area contributed by atoms with Gasteiger partial charge in [-0.2, -0.15) is 0 Å². The molecule has 0 heterocycles. The van der Waals surface area contributed by atoms with Gasteiger partial charge >= 0.3 is 0 Å². The average molecular weight is 473 g/mol. The van der Waals surface area contributed by atoms with Gasteiger partial charge in [-0.25, -0.2) is 0 Å². The average Bonchev–Trinajstić information content (AvgIpc) is 3.36. The first-order valence-electron chi connectivity index (χ1n) is 14.5. The van der Waals surface area contributed by atoms with Gasteiger partial charge in [0.25, 0.3) is 0 Å². The van der Waals surface area contributed by atoms with Crippen LogP contribution in [0.3, 0.4) is 0 Å². The van der Waals surface area contributed by atoms with Gasteiger partial charge in [0.05, 0.1) is 0 Å². The first-order valence-corrected chi connectivity index (χ1v) is 16.1. The smallest absolute Gasteiger partial charge is 0.00819 e. The van der Waals surface area contributed by atoms with Crippen molar-refractivity contribution in [2.24, 2.45) is 0 Å². The lowest BCUT2D eigenvalue weighted by atomic mass is 9.99. The van der Waals surface area contributed by atoms with Crippen molar-refractivity contribution in [2.75, 3.05) is 0 Å². The summed E-state index contributed by atoms with van der Waals surface area (Å²) < 4.78 is 0. The van der Waals surface area contributed by atoms with Crippen molar-refractivity contribution >= 4 is 13.5 Å². The second-order valence-electron chi connectivity index (χ2n) is 11.2. The summed E-state index contributed by atoms with van der Waals surface area (Å²) in [6.07, 6.45) is 27.0. The molecule has 0 spiro atoms. The molecule has 0 atom stereocenters. The van der Waals surface area contributed by atoms with E-state index in [9.17, 15) is 0 Å². The normalized spacial score (nSPS) is 22.1. The molecule has 2 aromatic carbocycles. The molecule has 2 aromatic rings. The van der Waals surface area contributed by atoms with Crippen molar-refractivity contribution in [3.63, 3.8) is 0 Å². The van der Waals surface area contributed by atoms with Crippen LogP contribution in [0.15, 0.2) is 60.7 Å². The van der Waals surface area contributed by atoms with E-state index in [1.165, 1.54) is 58.5 Å². The van der Waals surface area contributed by atoms with Crippen LogP contribution in [0.25, 0.3) is 5.57 Å². The van der Waals surface area contributed by atoms with Gasteiger partial charge in [0.1, 0.15) is 0 Å². The van der Waals surface area contributed by atoms with Gasteiger partial charge in [-0.1, -0.05) is 126 Å². The van der Waals surface area contributed by atoms with E-state index >= 15 is 0 Å². The number of hydrogen-bond donors (Lipinski definition) is 0. The van der Waals surface area contributed by atoms with Crippen LogP contribution in [-0.4, -0.2) is 17.0 Å². The molecule has 3 fully saturated rings. The summed E-state index contributed by atoms with van der Waals surface area (Å²) in [4.78, 5) is 0. The fraction of sp³-hybridized carbons (Fsp3) is 0.576. The summed E-state index contributed by atoms with van der Waals surface area (Å²) in [6.45, 7) is 0. The molecule has 4 aliphatic carbocycles. The molecule has 0 N–H and O–H groups in total. The molecule has 1 heteroatoms. The zero-order chi connectivity index (χ0) is 23.0.